The quantitative estimate of drug-likeness (QED) is 0.562. The zero-order valence-corrected chi connectivity index (χ0v) is 23.6. The molecule has 0 saturated carbocycles. The van der Waals surface area contributed by atoms with Gasteiger partial charge in [0.15, 0.2) is 0 Å². The Bertz CT molecular complexity index is 1290. The summed E-state index contributed by atoms with van der Waals surface area (Å²) in [6, 6.07) is 5.97. The molecule has 0 spiro atoms. The topological polar surface area (TPSA) is 107 Å². The molecule has 13 heteroatoms. The molecule has 2 aromatic heterocycles. The summed E-state index contributed by atoms with van der Waals surface area (Å²) in [5.74, 6) is 0.0672. The van der Waals surface area contributed by atoms with E-state index in [9.17, 15) is 22.8 Å². The number of rotatable bonds is 6. The summed E-state index contributed by atoms with van der Waals surface area (Å²) < 4.78 is 29.4. The van der Waals surface area contributed by atoms with Gasteiger partial charge in [-0.05, 0) is 55.4 Å². The van der Waals surface area contributed by atoms with Crippen molar-refractivity contribution in [2.75, 3.05) is 39.3 Å². The highest BCUT2D eigenvalue weighted by atomic mass is 35.5. The van der Waals surface area contributed by atoms with Crippen LogP contribution < -0.4 is 4.72 Å². The van der Waals surface area contributed by atoms with Crippen LogP contribution in [0.25, 0.3) is 9.75 Å². The summed E-state index contributed by atoms with van der Waals surface area (Å²) in [4.78, 5) is 44.9. The van der Waals surface area contributed by atoms with E-state index >= 15 is 0 Å². The highest BCUT2D eigenvalue weighted by Gasteiger charge is 2.39. The number of hydrogen-bond acceptors (Lipinski definition) is 7. The molecule has 2 bridgehead atoms. The van der Waals surface area contributed by atoms with Gasteiger partial charge < -0.3 is 14.7 Å². The van der Waals surface area contributed by atoms with Crippen molar-refractivity contribution in [2.45, 2.75) is 36.4 Å². The number of hydrogen-bond donors (Lipinski definition) is 1. The fraction of sp³-hybridized carbons (Fsp3) is 0.542. The van der Waals surface area contributed by atoms with Gasteiger partial charge in [0.1, 0.15) is 10.3 Å². The van der Waals surface area contributed by atoms with Gasteiger partial charge in [0.2, 0.25) is 17.7 Å². The van der Waals surface area contributed by atoms with Crippen molar-refractivity contribution >= 4 is 62.0 Å². The number of amides is 3. The fourth-order valence-corrected chi connectivity index (χ4v) is 9.18. The van der Waals surface area contributed by atoms with E-state index in [0.717, 1.165) is 27.5 Å². The van der Waals surface area contributed by atoms with E-state index in [1.165, 1.54) is 22.3 Å². The molecule has 200 valence electrons. The van der Waals surface area contributed by atoms with E-state index in [4.69, 9.17) is 11.6 Å². The summed E-state index contributed by atoms with van der Waals surface area (Å²) in [6.07, 6.45) is 1.99. The van der Waals surface area contributed by atoms with E-state index in [1.807, 2.05) is 11.0 Å². The molecule has 0 radical (unpaired) electrons. The Kier molecular flexibility index (Phi) is 7.65. The Morgan fingerprint density at radius 1 is 1.03 bits per heavy atom. The number of fused-ring (bicyclic) bond motifs is 2. The molecule has 2 aromatic rings. The number of sulfonamides is 1. The van der Waals surface area contributed by atoms with Gasteiger partial charge in [-0.25, -0.2) is 8.42 Å². The summed E-state index contributed by atoms with van der Waals surface area (Å²) in [6.45, 7) is 4.41. The maximum absolute atomic E-state index is 13.2. The molecule has 3 saturated heterocycles. The molecular weight excluding hydrogens is 556 g/mol. The third-order valence-electron chi connectivity index (χ3n) is 7.20. The van der Waals surface area contributed by atoms with Crippen LogP contribution in [0.1, 0.15) is 26.2 Å². The number of nitrogens with one attached hydrogen (secondary N) is 1. The monoisotopic (exact) mass is 584 g/mol. The lowest BCUT2D eigenvalue weighted by Crippen LogP contribution is -2.58. The largest absolute Gasteiger partial charge is 0.342 e. The van der Waals surface area contributed by atoms with E-state index in [1.54, 1.807) is 24.0 Å². The maximum Gasteiger partial charge on any atom is 0.250 e. The van der Waals surface area contributed by atoms with E-state index in [2.05, 4.69) is 4.72 Å². The number of likely N-dealkylation sites (tertiary alicyclic amines) is 3. The maximum atomic E-state index is 13.2. The summed E-state index contributed by atoms with van der Waals surface area (Å²) in [7, 11) is -3.90. The molecule has 3 aliphatic rings. The fourth-order valence-electron chi connectivity index (χ4n) is 5.50. The minimum Gasteiger partial charge on any atom is -0.342 e. The van der Waals surface area contributed by atoms with Gasteiger partial charge in [0.25, 0.3) is 10.0 Å². The van der Waals surface area contributed by atoms with Gasteiger partial charge in [-0.2, -0.15) is 4.72 Å². The molecule has 9 nitrogen and oxygen atoms in total. The van der Waals surface area contributed by atoms with Crippen molar-refractivity contribution in [2.24, 2.45) is 11.8 Å². The van der Waals surface area contributed by atoms with Crippen LogP contribution in [0.3, 0.4) is 0 Å². The average Bonchev–Trinajstić information content (AvgIpc) is 3.50. The molecule has 5 heterocycles. The average molecular weight is 585 g/mol. The first kappa shape index (κ1) is 26.6. The summed E-state index contributed by atoms with van der Waals surface area (Å²) in [5, 5.41) is 0. The molecule has 0 aromatic carbocycles. The normalized spacial score (nSPS) is 24.4. The highest BCUT2D eigenvalue weighted by molar-refractivity contribution is 7.91. The molecule has 0 aliphatic carbocycles. The lowest BCUT2D eigenvalue weighted by atomic mass is 9.84. The molecule has 1 N–H and O–H groups in total. The van der Waals surface area contributed by atoms with Crippen LogP contribution >= 0.6 is 34.3 Å². The predicted octanol–water partition coefficient (Wildman–Crippen LogP) is 2.73. The van der Waals surface area contributed by atoms with Crippen LogP contribution in [0.2, 0.25) is 4.34 Å². The van der Waals surface area contributed by atoms with Crippen LogP contribution in [-0.4, -0.2) is 86.1 Å². The smallest absolute Gasteiger partial charge is 0.250 e. The van der Waals surface area contributed by atoms with Crippen LogP contribution in [0.5, 0.6) is 0 Å². The lowest BCUT2D eigenvalue weighted by Gasteiger charge is -2.46. The zero-order valence-electron chi connectivity index (χ0n) is 20.4. The molecule has 3 atom stereocenters. The first-order valence-electron chi connectivity index (χ1n) is 12.3. The molecule has 3 amide bonds. The van der Waals surface area contributed by atoms with Crippen molar-refractivity contribution in [1.82, 2.24) is 19.4 Å². The third-order valence-corrected chi connectivity index (χ3v) is 11.7. The number of thiophene rings is 2. The number of halogens is 1. The number of piperidine rings is 3. The second-order valence-corrected chi connectivity index (χ2v) is 14.7. The zero-order chi connectivity index (χ0) is 26.3. The highest BCUT2D eigenvalue weighted by Crippen LogP contribution is 2.37. The van der Waals surface area contributed by atoms with E-state index < -0.39 is 16.1 Å². The number of nitrogens with zero attached hydrogens (tertiary/aromatic N) is 3. The SMILES string of the molecule is CC(=O)N1CC2CC(C1)CN(C(=O)CN1CCC[C@H](NS(=O)(=O)c3ccc(-c4ccc(Cl)s4)s3)C1=O)C2. The van der Waals surface area contributed by atoms with Crippen molar-refractivity contribution in [3.63, 3.8) is 0 Å². The second kappa shape index (κ2) is 10.6. The minimum absolute atomic E-state index is 0.0603. The Morgan fingerprint density at radius 3 is 2.32 bits per heavy atom. The van der Waals surface area contributed by atoms with Crippen LogP contribution in [0.15, 0.2) is 28.5 Å². The van der Waals surface area contributed by atoms with Crippen molar-refractivity contribution in [3.05, 3.63) is 28.6 Å². The Hall–Kier alpha value is -1.99. The lowest BCUT2D eigenvalue weighted by molar-refractivity contribution is -0.146. The van der Waals surface area contributed by atoms with Gasteiger partial charge >= 0.3 is 0 Å². The van der Waals surface area contributed by atoms with Crippen LogP contribution in [0.4, 0.5) is 0 Å². The molecule has 5 rings (SSSR count). The Labute approximate surface area is 229 Å². The van der Waals surface area contributed by atoms with E-state index in [0.29, 0.717) is 49.9 Å². The van der Waals surface area contributed by atoms with Crippen molar-refractivity contribution in [3.8, 4) is 9.75 Å². The standard InChI is InChI=1S/C24H29ClN4O5S3/c1-15(30)28-10-16-9-17(11-28)13-29(12-16)22(31)14-27-8-2-3-18(24(27)32)26-37(33,34)23-7-5-20(36-23)19-4-6-21(25)35-19/h4-7,16-18,26H,2-3,8-14H2,1H3/t16?,17?,18-/m0/s1. The second-order valence-electron chi connectivity index (χ2n) is 9.99. The van der Waals surface area contributed by atoms with Gasteiger partial charge in [0.05, 0.1) is 10.9 Å². The molecular formula is C24H29ClN4O5S3. The molecule has 2 unspecified atom stereocenters. The minimum atomic E-state index is -3.90. The van der Waals surface area contributed by atoms with Crippen molar-refractivity contribution in [1.29, 1.82) is 0 Å². The molecule has 37 heavy (non-hydrogen) atoms. The third kappa shape index (κ3) is 5.88. The van der Waals surface area contributed by atoms with Gasteiger partial charge in [-0.1, -0.05) is 11.6 Å². The first-order valence-corrected chi connectivity index (χ1v) is 15.8. The number of carbonyl (C=O) groups is 3. The molecule has 3 fully saturated rings. The van der Waals surface area contributed by atoms with Crippen LogP contribution in [-0.2, 0) is 24.4 Å². The molecule has 3 aliphatic heterocycles. The predicted molar refractivity (Wildman–Crippen MR) is 143 cm³/mol. The Balaban J connectivity index is 1.20. The van der Waals surface area contributed by atoms with Crippen molar-refractivity contribution < 1.29 is 22.8 Å². The first-order chi connectivity index (χ1) is 17.6. The van der Waals surface area contributed by atoms with Crippen LogP contribution in [0, 0.1) is 11.8 Å². The summed E-state index contributed by atoms with van der Waals surface area (Å²) >= 11 is 8.50. The van der Waals surface area contributed by atoms with E-state index in [-0.39, 0.29) is 40.3 Å². The van der Waals surface area contributed by atoms with Gasteiger partial charge in [-0.15, -0.1) is 22.7 Å². The van der Waals surface area contributed by atoms with Gasteiger partial charge in [-0.3, -0.25) is 14.4 Å². The van der Waals surface area contributed by atoms with Gasteiger partial charge in [0, 0.05) is 49.4 Å². The Morgan fingerprint density at radius 2 is 1.68 bits per heavy atom. The summed E-state index contributed by atoms with van der Waals surface area (Å²) in [5.41, 5.74) is 0. The number of carbonyl (C=O) groups excluding carboxylic acids is 3.